The number of nitrogens with zero attached hydrogens (tertiary/aromatic N) is 2. The number of rotatable bonds is 7. The van der Waals surface area contributed by atoms with Gasteiger partial charge in [0.05, 0.1) is 19.2 Å². The molecule has 0 radical (unpaired) electrons. The number of hydrogen-bond donors (Lipinski definition) is 1. The van der Waals surface area contributed by atoms with E-state index in [-0.39, 0.29) is 0 Å². The summed E-state index contributed by atoms with van der Waals surface area (Å²) in [6.07, 6.45) is 0. The maximum Gasteiger partial charge on any atom is 0.178 e. The molecule has 0 saturated heterocycles. The van der Waals surface area contributed by atoms with Crippen molar-refractivity contribution in [1.82, 2.24) is 14.5 Å². The quantitative estimate of drug-likeness (QED) is 0.796. The second kappa shape index (κ2) is 6.88. The van der Waals surface area contributed by atoms with Crippen molar-refractivity contribution in [2.45, 2.75) is 6.54 Å². The van der Waals surface area contributed by atoms with Crippen LogP contribution in [0.4, 0.5) is 0 Å². The van der Waals surface area contributed by atoms with Crippen molar-refractivity contribution in [3.05, 3.63) is 23.0 Å². The van der Waals surface area contributed by atoms with E-state index in [1.807, 2.05) is 12.1 Å². The molecule has 0 spiro atoms. The van der Waals surface area contributed by atoms with Crippen molar-refractivity contribution in [3.8, 4) is 5.75 Å². The van der Waals surface area contributed by atoms with Crippen LogP contribution in [0.15, 0.2) is 18.2 Å². The van der Waals surface area contributed by atoms with Crippen LogP contribution < -0.4 is 4.74 Å². The zero-order chi connectivity index (χ0) is 14.5. The first-order valence-electron chi connectivity index (χ1n) is 6.60. The van der Waals surface area contributed by atoms with Crippen LogP contribution in [0.1, 0.15) is 0 Å². The molecule has 5 nitrogen and oxygen atoms in total. The second-order valence-electron chi connectivity index (χ2n) is 4.73. The molecular weight excluding hydrogens is 274 g/mol. The number of hydrogen-bond acceptors (Lipinski definition) is 4. The molecule has 0 bridgehead atoms. The molecule has 6 heteroatoms. The minimum absolute atomic E-state index is 0.727. The zero-order valence-corrected chi connectivity index (χ0v) is 13.0. The fourth-order valence-corrected chi connectivity index (χ4v) is 2.47. The van der Waals surface area contributed by atoms with Gasteiger partial charge in [0.25, 0.3) is 0 Å². The lowest BCUT2D eigenvalue weighted by atomic mass is 10.3. The highest BCUT2D eigenvalue weighted by Gasteiger charge is 2.09. The third kappa shape index (κ3) is 3.20. The molecule has 0 aliphatic rings. The third-order valence-corrected chi connectivity index (χ3v) is 3.70. The molecule has 20 heavy (non-hydrogen) atoms. The molecule has 0 atom stereocenters. The molecule has 1 aromatic carbocycles. The first-order chi connectivity index (χ1) is 9.67. The van der Waals surface area contributed by atoms with E-state index in [4.69, 9.17) is 21.7 Å². The minimum atomic E-state index is 0.727. The smallest absolute Gasteiger partial charge is 0.178 e. The Bertz CT molecular complexity index is 620. The first-order valence-corrected chi connectivity index (χ1v) is 7.01. The van der Waals surface area contributed by atoms with Gasteiger partial charge in [-0.1, -0.05) is 6.07 Å². The Morgan fingerprint density at radius 2 is 2.10 bits per heavy atom. The molecular formula is C14H21N3O2S. The van der Waals surface area contributed by atoms with Crippen molar-refractivity contribution in [2.24, 2.45) is 0 Å². The highest BCUT2D eigenvalue weighted by atomic mass is 32.1. The number of aromatic nitrogens is 2. The van der Waals surface area contributed by atoms with Gasteiger partial charge in [-0.15, -0.1) is 0 Å². The lowest BCUT2D eigenvalue weighted by Gasteiger charge is -2.16. The van der Waals surface area contributed by atoms with Crippen LogP contribution in [0.25, 0.3) is 11.0 Å². The van der Waals surface area contributed by atoms with E-state index < -0.39 is 0 Å². The van der Waals surface area contributed by atoms with E-state index in [1.165, 1.54) is 0 Å². The number of ether oxygens (including phenoxy) is 2. The normalized spacial score (nSPS) is 11.4. The predicted molar refractivity (Wildman–Crippen MR) is 83.0 cm³/mol. The standard InChI is InChI=1S/C14H21N3O2S/c1-16(9-10-18-2)7-8-17-11-5-4-6-12(19-3)13(11)15-14(17)20/h4-6H,7-10H2,1-3H3,(H,15,20). The van der Waals surface area contributed by atoms with Gasteiger partial charge in [0.1, 0.15) is 11.3 Å². The molecule has 1 heterocycles. The van der Waals surface area contributed by atoms with Crippen molar-refractivity contribution >= 4 is 23.3 Å². The Hall–Kier alpha value is -1.37. The summed E-state index contributed by atoms with van der Waals surface area (Å²) in [4.78, 5) is 5.45. The SMILES string of the molecule is COCCN(C)CCn1c(=S)[nH]c2c(OC)cccc21. The Morgan fingerprint density at radius 1 is 1.30 bits per heavy atom. The van der Waals surface area contributed by atoms with Crippen LogP contribution in [0.2, 0.25) is 0 Å². The van der Waals surface area contributed by atoms with Crippen LogP contribution in [0.5, 0.6) is 5.75 Å². The van der Waals surface area contributed by atoms with Gasteiger partial charge >= 0.3 is 0 Å². The Labute approximate surface area is 124 Å². The molecule has 2 aromatic rings. The topological polar surface area (TPSA) is 42.4 Å². The summed E-state index contributed by atoms with van der Waals surface area (Å²) >= 11 is 5.41. The fourth-order valence-electron chi connectivity index (χ4n) is 2.18. The van der Waals surface area contributed by atoms with Gasteiger partial charge in [-0.05, 0) is 31.4 Å². The van der Waals surface area contributed by atoms with Crippen molar-refractivity contribution < 1.29 is 9.47 Å². The zero-order valence-electron chi connectivity index (χ0n) is 12.2. The molecule has 0 aliphatic carbocycles. The van der Waals surface area contributed by atoms with Crippen LogP contribution in [0.3, 0.4) is 0 Å². The number of para-hydroxylation sites is 1. The van der Waals surface area contributed by atoms with Gasteiger partial charge in [-0.25, -0.2) is 0 Å². The van der Waals surface area contributed by atoms with E-state index in [1.54, 1.807) is 14.2 Å². The summed E-state index contributed by atoms with van der Waals surface area (Å²) in [5, 5.41) is 0. The van der Waals surface area contributed by atoms with Crippen LogP contribution in [0, 0.1) is 4.77 Å². The minimum Gasteiger partial charge on any atom is -0.494 e. The summed E-state index contributed by atoms with van der Waals surface area (Å²) in [6.45, 7) is 3.41. The third-order valence-electron chi connectivity index (χ3n) is 3.37. The lowest BCUT2D eigenvalue weighted by molar-refractivity contribution is 0.159. The van der Waals surface area contributed by atoms with E-state index in [9.17, 15) is 0 Å². The summed E-state index contributed by atoms with van der Waals surface area (Å²) in [6, 6.07) is 5.97. The summed E-state index contributed by atoms with van der Waals surface area (Å²) in [7, 11) is 5.47. The van der Waals surface area contributed by atoms with E-state index in [0.717, 1.165) is 47.8 Å². The molecule has 0 fully saturated rings. The summed E-state index contributed by atoms with van der Waals surface area (Å²) < 4.78 is 13.3. The van der Waals surface area contributed by atoms with Crippen molar-refractivity contribution in [2.75, 3.05) is 41.0 Å². The number of imidazole rings is 1. The van der Waals surface area contributed by atoms with E-state index in [2.05, 4.69) is 27.6 Å². The average molecular weight is 295 g/mol. The van der Waals surface area contributed by atoms with Crippen LogP contribution >= 0.6 is 12.2 Å². The van der Waals surface area contributed by atoms with Gasteiger partial charge in [-0.2, -0.15) is 0 Å². The molecule has 0 amide bonds. The number of H-pyrrole nitrogens is 1. The van der Waals surface area contributed by atoms with Gasteiger partial charge in [0, 0.05) is 26.7 Å². The largest absolute Gasteiger partial charge is 0.494 e. The Morgan fingerprint density at radius 3 is 2.80 bits per heavy atom. The molecule has 0 aliphatic heterocycles. The average Bonchev–Trinajstić information content (AvgIpc) is 2.78. The van der Waals surface area contributed by atoms with E-state index in [0.29, 0.717) is 0 Å². The Kier molecular flexibility index (Phi) is 5.17. The number of benzene rings is 1. The highest BCUT2D eigenvalue weighted by molar-refractivity contribution is 7.71. The molecule has 0 unspecified atom stereocenters. The number of aromatic amines is 1. The van der Waals surface area contributed by atoms with Gasteiger partial charge in [0.15, 0.2) is 4.77 Å². The first kappa shape index (κ1) is 15.0. The van der Waals surface area contributed by atoms with Crippen LogP contribution in [-0.2, 0) is 11.3 Å². The van der Waals surface area contributed by atoms with Gasteiger partial charge < -0.3 is 23.9 Å². The maximum absolute atomic E-state index is 5.41. The highest BCUT2D eigenvalue weighted by Crippen LogP contribution is 2.24. The molecule has 0 saturated carbocycles. The monoisotopic (exact) mass is 295 g/mol. The number of fused-ring (bicyclic) bond motifs is 1. The van der Waals surface area contributed by atoms with E-state index >= 15 is 0 Å². The predicted octanol–water partition coefficient (Wildman–Crippen LogP) is 2.29. The van der Waals surface area contributed by atoms with Gasteiger partial charge in [0.2, 0.25) is 0 Å². The molecule has 110 valence electrons. The fraction of sp³-hybridized carbons (Fsp3) is 0.500. The number of likely N-dealkylation sites (N-methyl/N-ethyl adjacent to an activating group) is 1. The lowest BCUT2D eigenvalue weighted by Crippen LogP contribution is -2.26. The summed E-state index contributed by atoms with van der Waals surface area (Å²) in [5.41, 5.74) is 2.04. The molecule has 1 N–H and O–H groups in total. The summed E-state index contributed by atoms with van der Waals surface area (Å²) in [5.74, 6) is 0.820. The maximum atomic E-state index is 5.41. The number of methoxy groups -OCH3 is 2. The number of nitrogens with one attached hydrogen (secondary N) is 1. The van der Waals surface area contributed by atoms with Crippen molar-refractivity contribution in [3.63, 3.8) is 0 Å². The molecule has 2 rings (SSSR count). The Balaban J connectivity index is 2.18. The van der Waals surface area contributed by atoms with Gasteiger partial charge in [-0.3, -0.25) is 0 Å². The van der Waals surface area contributed by atoms with Crippen LogP contribution in [-0.4, -0.2) is 55.4 Å². The molecule has 1 aromatic heterocycles. The second-order valence-corrected chi connectivity index (χ2v) is 5.12. The van der Waals surface area contributed by atoms with Crippen molar-refractivity contribution in [1.29, 1.82) is 0 Å².